The van der Waals surface area contributed by atoms with E-state index in [4.69, 9.17) is 9.26 Å². The summed E-state index contributed by atoms with van der Waals surface area (Å²) in [4.78, 5) is 6.78. The largest absolute Gasteiger partial charge is 0.380 e. The second-order valence-electron chi connectivity index (χ2n) is 5.29. The van der Waals surface area contributed by atoms with E-state index in [1.165, 1.54) is 0 Å². The summed E-state index contributed by atoms with van der Waals surface area (Å²) in [6.45, 7) is 3.44. The van der Waals surface area contributed by atoms with Gasteiger partial charge in [0.2, 0.25) is 0 Å². The number of aromatic nitrogens is 2. The minimum absolute atomic E-state index is 0. The van der Waals surface area contributed by atoms with Gasteiger partial charge < -0.3 is 14.6 Å². The molecule has 22 heavy (non-hydrogen) atoms. The van der Waals surface area contributed by atoms with Gasteiger partial charge in [-0.3, -0.25) is 4.90 Å². The fraction of sp³-hybridized carbons (Fsp3) is 0.467. The van der Waals surface area contributed by atoms with Crippen LogP contribution in [0.15, 0.2) is 28.8 Å². The second-order valence-corrected chi connectivity index (χ2v) is 5.29. The van der Waals surface area contributed by atoms with Gasteiger partial charge in [-0.25, -0.2) is 0 Å². The zero-order valence-electron chi connectivity index (χ0n) is 12.8. The Kier molecular flexibility index (Phi) is 5.90. The van der Waals surface area contributed by atoms with Gasteiger partial charge in [-0.05, 0) is 24.7 Å². The molecule has 1 unspecified atom stereocenters. The quantitative estimate of drug-likeness (QED) is 0.926. The van der Waals surface area contributed by atoms with Crippen molar-refractivity contribution < 1.29 is 9.26 Å². The van der Waals surface area contributed by atoms with Crippen LogP contribution >= 0.6 is 12.4 Å². The Morgan fingerprint density at radius 2 is 2.14 bits per heavy atom. The van der Waals surface area contributed by atoms with Gasteiger partial charge in [0.1, 0.15) is 0 Å². The molecule has 6 nitrogen and oxygen atoms in total. The molecule has 0 aliphatic carbocycles. The van der Waals surface area contributed by atoms with E-state index in [0.717, 1.165) is 36.6 Å². The molecule has 1 aromatic carbocycles. The summed E-state index contributed by atoms with van der Waals surface area (Å²) in [5, 5.41) is 7.49. The Hall–Kier alpha value is -1.47. The minimum atomic E-state index is 0. The van der Waals surface area contributed by atoms with Gasteiger partial charge in [-0.15, -0.1) is 12.4 Å². The summed E-state index contributed by atoms with van der Waals surface area (Å²) in [5.41, 5.74) is 2.05. The molecule has 120 valence electrons. The lowest BCUT2D eigenvalue weighted by Gasteiger charge is -2.30. The first kappa shape index (κ1) is 16.9. The zero-order valence-corrected chi connectivity index (χ0v) is 13.6. The Labute approximate surface area is 136 Å². The van der Waals surface area contributed by atoms with Crippen molar-refractivity contribution in [2.24, 2.45) is 0 Å². The maximum Gasteiger partial charge on any atom is 0.257 e. The van der Waals surface area contributed by atoms with Crippen LogP contribution in [0.1, 0.15) is 17.4 Å². The standard InChI is InChI=1S/C15H20N4O2.ClH/c1-19-8-7-16-9-13(19)14-17-15(21-18-14)12-5-3-11(4-6-12)10-20-2;/h3-6,13,16H,7-10H2,1-2H3;1H. The molecule has 0 amide bonds. The van der Waals surface area contributed by atoms with E-state index in [2.05, 4.69) is 27.4 Å². The molecule has 1 aromatic heterocycles. The molecule has 1 saturated heterocycles. The van der Waals surface area contributed by atoms with E-state index >= 15 is 0 Å². The highest BCUT2D eigenvalue weighted by Gasteiger charge is 2.25. The van der Waals surface area contributed by atoms with Gasteiger partial charge in [0.25, 0.3) is 5.89 Å². The van der Waals surface area contributed by atoms with Crippen LogP contribution in [0.2, 0.25) is 0 Å². The van der Waals surface area contributed by atoms with Crippen molar-refractivity contribution in [1.82, 2.24) is 20.4 Å². The van der Waals surface area contributed by atoms with Crippen molar-refractivity contribution >= 4 is 12.4 Å². The van der Waals surface area contributed by atoms with E-state index in [1.807, 2.05) is 24.3 Å². The molecule has 3 rings (SSSR count). The Morgan fingerprint density at radius 3 is 2.82 bits per heavy atom. The molecule has 0 spiro atoms. The molecular formula is C15H21ClN4O2. The Morgan fingerprint density at radius 1 is 1.36 bits per heavy atom. The van der Waals surface area contributed by atoms with Crippen molar-refractivity contribution in [3.8, 4) is 11.5 Å². The van der Waals surface area contributed by atoms with Crippen LogP contribution in [-0.2, 0) is 11.3 Å². The third kappa shape index (κ3) is 3.64. The van der Waals surface area contributed by atoms with Crippen molar-refractivity contribution in [1.29, 1.82) is 0 Å². The van der Waals surface area contributed by atoms with Crippen LogP contribution in [0.25, 0.3) is 11.5 Å². The lowest BCUT2D eigenvalue weighted by molar-refractivity contribution is 0.185. The number of methoxy groups -OCH3 is 1. The third-order valence-electron chi connectivity index (χ3n) is 3.76. The fourth-order valence-corrected chi connectivity index (χ4v) is 2.49. The van der Waals surface area contributed by atoms with Gasteiger partial charge in [0.05, 0.1) is 12.6 Å². The lowest BCUT2D eigenvalue weighted by atomic mass is 10.1. The summed E-state index contributed by atoms with van der Waals surface area (Å²) in [6.07, 6.45) is 0. The zero-order chi connectivity index (χ0) is 14.7. The van der Waals surface area contributed by atoms with Gasteiger partial charge in [-0.1, -0.05) is 17.3 Å². The monoisotopic (exact) mass is 324 g/mol. The molecule has 1 aliphatic heterocycles. The highest BCUT2D eigenvalue weighted by atomic mass is 35.5. The van der Waals surface area contributed by atoms with Crippen molar-refractivity contribution in [3.63, 3.8) is 0 Å². The Bertz CT molecular complexity index is 587. The maximum absolute atomic E-state index is 5.41. The summed E-state index contributed by atoms with van der Waals surface area (Å²) in [6, 6.07) is 8.15. The number of benzene rings is 1. The summed E-state index contributed by atoms with van der Waals surface area (Å²) >= 11 is 0. The van der Waals surface area contributed by atoms with Crippen LogP contribution in [0, 0.1) is 0 Å². The number of nitrogens with one attached hydrogen (secondary N) is 1. The number of ether oxygens (including phenoxy) is 1. The Balaban J connectivity index is 0.00000176. The molecule has 0 bridgehead atoms. The molecule has 1 N–H and O–H groups in total. The average Bonchev–Trinajstić information content (AvgIpc) is 2.98. The van der Waals surface area contributed by atoms with E-state index < -0.39 is 0 Å². The number of piperazine rings is 1. The molecule has 7 heteroatoms. The van der Waals surface area contributed by atoms with Crippen LogP contribution in [0.5, 0.6) is 0 Å². The van der Waals surface area contributed by atoms with Crippen molar-refractivity contribution in [2.45, 2.75) is 12.6 Å². The van der Waals surface area contributed by atoms with E-state index in [0.29, 0.717) is 12.5 Å². The molecule has 1 aliphatic rings. The van der Waals surface area contributed by atoms with Crippen LogP contribution in [0.4, 0.5) is 0 Å². The van der Waals surface area contributed by atoms with Crippen LogP contribution < -0.4 is 5.32 Å². The molecule has 2 aromatic rings. The number of rotatable bonds is 4. The number of nitrogens with zero attached hydrogens (tertiary/aromatic N) is 3. The first-order valence-electron chi connectivity index (χ1n) is 7.11. The van der Waals surface area contributed by atoms with Gasteiger partial charge in [0, 0.05) is 32.3 Å². The predicted octanol–water partition coefficient (Wildman–Crippen LogP) is 1.88. The van der Waals surface area contributed by atoms with Gasteiger partial charge in [0.15, 0.2) is 5.82 Å². The average molecular weight is 325 g/mol. The van der Waals surface area contributed by atoms with E-state index in [1.54, 1.807) is 7.11 Å². The van der Waals surface area contributed by atoms with Crippen molar-refractivity contribution in [2.75, 3.05) is 33.8 Å². The summed E-state index contributed by atoms with van der Waals surface area (Å²) < 4.78 is 10.5. The number of likely N-dealkylation sites (N-methyl/N-ethyl adjacent to an activating group) is 1. The molecule has 0 saturated carbocycles. The highest BCUT2D eigenvalue weighted by Crippen LogP contribution is 2.23. The predicted molar refractivity (Wildman–Crippen MR) is 85.9 cm³/mol. The highest BCUT2D eigenvalue weighted by molar-refractivity contribution is 5.85. The SMILES string of the molecule is COCc1ccc(-c2nc(C3CNCCN3C)no2)cc1.Cl. The summed E-state index contributed by atoms with van der Waals surface area (Å²) in [7, 11) is 3.77. The van der Waals surface area contributed by atoms with Gasteiger partial charge >= 0.3 is 0 Å². The first-order chi connectivity index (χ1) is 10.3. The molecule has 1 atom stereocenters. The first-order valence-corrected chi connectivity index (χ1v) is 7.11. The van der Waals surface area contributed by atoms with E-state index in [-0.39, 0.29) is 18.4 Å². The van der Waals surface area contributed by atoms with E-state index in [9.17, 15) is 0 Å². The maximum atomic E-state index is 5.41. The molecule has 2 heterocycles. The molecular weight excluding hydrogens is 304 g/mol. The lowest BCUT2D eigenvalue weighted by Crippen LogP contribution is -2.44. The summed E-state index contributed by atoms with van der Waals surface area (Å²) in [5.74, 6) is 1.30. The fourth-order valence-electron chi connectivity index (χ4n) is 2.49. The number of hydrogen-bond acceptors (Lipinski definition) is 6. The third-order valence-corrected chi connectivity index (χ3v) is 3.76. The number of halogens is 1. The normalized spacial score (nSPS) is 18.9. The topological polar surface area (TPSA) is 63.4 Å². The number of hydrogen-bond donors (Lipinski definition) is 1. The second kappa shape index (κ2) is 7.69. The van der Waals surface area contributed by atoms with Crippen molar-refractivity contribution in [3.05, 3.63) is 35.7 Å². The van der Waals surface area contributed by atoms with Crippen LogP contribution in [0.3, 0.4) is 0 Å². The van der Waals surface area contributed by atoms with Crippen LogP contribution in [-0.4, -0.2) is 48.8 Å². The van der Waals surface area contributed by atoms with Gasteiger partial charge in [-0.2, -0.15) is 4.98 Å². The molecule has 1 fully saturated rings. The molecule has 0 radical (unpaired) electrons. The minimum Gasteiger partial charge on any atom is -0.380 e. The smallest absolute Gasteiger partial charge is 0.257 e.